The summed E-state index contributed by atoms with van der Waals surface area (Å²) in [5.74, 6) is -3.86. The lowest BCUT2D eigenvalue weighted by Gasteiger charge is -2.14. The van der Waals surface area contributed by atoms with Crippen molar-refractivity contribution in [2.75, 3.05) is 27.9 Å². The molecule has 11 N–H and O–H groups in total. The van der Waals surface area contributed by atoms with Gasteiger partial charge >= 0.3 is 12.0 Å². The predicted molar refractivity (Wildman–Crippen MR) is 246 cm³/mol. The number of hydrogen-bond donors (Lipinski definition) is 11. The van der Waals surface area contributed by atoms with Crippen LogP contribution in [0.1, 0.15) is 0 Å². The number of phenolic OH excluding ortho intramolecular Hbond substituents is 1. The second-order valence-corrected chi connectivity index (χ2v) is 20.6. The Hall–Kier alpha value is -6.29. The van der Waals surface area contributed by atoms with E-state index in [2.05, 4.69) is 73.6 Å². The molecule has 2 heterocycles. The molecule has 0 bridgehead atoms. The van der Waals surface area contributed by atoms with Crippen molar-refractivity contribution in [1.82, 2.24) is 29.9 Å². The number of ether oxygens (including phenoxy) is 1. The number of aliphatic hydroxyl groups excluding tert-OH is 1. The van der Waals surface area contributed by atoms with Crippen molar-refractivity contribution in [3.8, 4) is 11.8 Å². The number of aromatic hydroxyl groups is 1. The van der Waals surface area contributed by atoms with Gasteiger partial charge < -0.3 is 36.4 Å². The third-order valence-corrected chi connectivity index (χ3v) is 13.3. The van der Waals surface area contributed by atoms with Gasteiger partial charge in [0.2, 0.25) is 28.8 Å². The minimum absolute atomic E-state index is 0.145. The molecule has 0 saturated heterocycles. The number of azo groups is 2. The van der Waals surface area contributed by atoms with Crippen LogP contribution in [0.25, 0.3) is 10.8 Å². The van der Waals surface area contributed by atoms with E-state index < -0.39 is 140 Å². The van der Waals surface area contributed by atoms with Crippen LogP contribution in [0.4, 0.5) is 51.7 Å². The van der Waals surface area contributed by atoms with Crippen molar-refractivity contribution in [2.45, 2.75) is 31.0 Å². The molecule has 70 heavy (non-hydrogen) atoms. The van der Waals surface area contributed by atoms with Crippen molar-refractivity contribution in [3.05, 3.63) is 59.1 Å². The van der Waals surface area contributed by atoms with Gasteiger partial charge in [-0.1, -0.05) is 11.8 Å². The molecule has 0 spiro atoms. The number of benzene rings is 4. The number of phenols is 1. The van der Waals surface area contributed by atoms with Crippen molar-refractivity contribution >= 4 is 157 Å². The summed E-state index contributed by atoms with van der Waals surface area (Å²) in [6.07, 6.45) is -1.47. The van der Waals surface area contributed by atoms with E-state index in [9.17, 15) is 66.9 Å². The highest BCUT2D eigenvalue weighted by molar-refractivity contribution is 7.99. The van der Waals surface area contributed by atoms with E-state index in [1.165, 1.54) is 0 Å². The molecule has 6 rings (SSSR count). The molecule has 0 radical (unpaired) electrons. The van der Waals surface area contributed by atoms with Gasteiger partial charge in [0.25, 0.3) is 40.5 Å². The van der Waals surface area contributed by atoms with E-state index in [0.29, 0.717) is 23.9 Å². The molecule has 0 aliphatic rings. The Kier molecular flexibility index (Phi) is 15.6. The quantitative estimate of drug-likeness (QED) is 0.0136. The van der Waals surface area contributed by atoms with Crippen molar-refractivity contribution in [2.24, 2.45) is 20.5 Å². The number of aromatic nitrogens is 6. The lowest BCUT2D eigenvalue weighted by Crippen LogP contribution is -2.19. The number of aliphatic hydroxyl groups is 1. The maximum Gasteiger partial charge on any atom is 0.324 e. The van der Waals surface area contributed by atoms with Gasteiger partial charge in [-0.15, -0.1) is 20.5 Å². The van der Waals surface area contributed by atoms with Gasteiger partial charge in [-0.25, -0.2) is 0 Å². The molecule has 0 aliphatic heterocycles. The summed E-state index contributed by atoms with van der Waals surface area (Å²) in [5, 5.41) is 47.5. The largest absolute Gasteiger partial charge is 0.505 e. The fourth-order valence-electron chi connectivity index (χ4n) is 5.51. The molecular weight excluding hydrogens is 1100 g/mol. The van der Waals surface area contributed by atoms with Crippen LogP contribution in [0.15, 0.2) is 93.7 Å². The number of carboxylic acid groups (broad SMARTS) is 1. The number of aliphatic carboxylic acids is 1. The Balaban J connectivity index is 1.44. The van der Waals surface area contributed by atoms with Crippen molar-refractivity contribution < 1.29 is 76.7 Å². The van der Waals surface area contributed by atoms with E-state index in [0.717, 1.165) is 36.4 Å². The zero-order chi connectivity index (χ0) is 51.7. The highest BCUT2D eigenvalue weighted by Gasteiger charge is 2.29. The van der Waals surface area contributed by atoms with Gasteiger partial charge in [-0.3, -0.25) is 23.0 Å². The standard InChI is InChI=1S/C32H25Cl2N13O17S6/c33-27-38-29(42-31(40-27)64-21(50)9-65)36-12-1-4-15(17(7-12)68(55,56)57)45-47-25-19(70(61,62)63)6-11-5-18(69(58,59)60)24(23(35)22(11)26(25)51)46-44-14-3-2-13(8-16(14)67(52,53)54)37-30-39-28(34)41-32(43-30)66-10-20(48)49/h1-8,21,50-51,65H,9-10,35H2,(H,48,49)(H,52,53,54)(H,55,56,57)(H,58,59,60)(H,61,62,63)(H,36,38,40,42)(H,37,39,41,43). The minimum Gasteiger partial charge on any atom is -0.505 e. The van der Waals surface area contributed by atoms with E-state index in [-0.39, 0.29) is 34.2 Å². The van der Waals surface area contributed by atoms with E-state index in [4.69, 9.17) is 38.8 Å². The predicted octanol–water partition coefficient (Wildman–Crippen LogP) is 4.91. The van der Waals surface area contributed by atoms with Gasteiger partial charge in [0.15, 0.2) is 10.9 Å². The molecule has 0 fully saturated rings. The topological polar surface area (TPSA) is 481 Å². The molecule has 30 nitrogen and oxygen atoms in total. The molecule has 1 unspecified atom stereocenters. The fraction of sp³-hybridized carbons (Fsp3) is 0.0938. The zero-order valence-electron chi connectivity index (χ0n) is 33.6. The van der Waals surface area contributed by atoms with Crippen molar-refractivity contribution in [3.63, 3.8) is 0 Å². The average Bonchev–Trinajstić information content (AvgIpc) is 3.23. The number of nitrogen functional groups attached to an aromatic ring is 1. The molecule has 6 aromatic rings. The Morgan fingerprint density at radius 1 is 0.700 bits per heavy atom. The summed E-state index contributed by atoms with van der Waals surface area (Å²) < 4.78 is 146. The Bertz CT molecular complexity index is 3660. The number of thioether (sulfide) groups is 1. The molecule has 0 aliphatic carbocycles. The van der Waals surface area contributed by atoms with E-state index >= 15 is 0 Å². The number of carboxylic acids is 1. The number of nitrogens with one attached hydrogen (secondary N) is 2. The molecular formula is C32H25Cl2N13O17S6. The van der Waals surface area contributed by atoms with Gasteiger partial charge in [0.1, 0.15) is 42.3 Å². The van der Waals surface area contributed by atoms with Gasteiger partial charge in [0, 0.05) is 11.4 Å². The van der Waals surface area contributed by atoms with Crippen LogP contribution < -0.4 is 21.1 Å². The average molecular weight is 1130 g/mol. The maximum absolute atomic E-state index is 12.7. The molecule has 0 amide bonds. The molecule has 38 heteroatoms. The lowest BCUT2D eigenvalue weighted by molar-refractivity contribution is -0.133. The number of nitrogens with zero attached hydrogens (tertiary/aromatic N) is 10. The summed E-state index contributed by atoms with van der Waals surface area (Å²) in [4.78, 5) is 29.2. The van der Waals surface area contributed by atoms with Crippen LogP contribution in [0.3, 0.4) is 0 Å². The summed E-state index contributed by atoms with van der Waals surface area (Å²) >= 11 is 16.3. The Morgan fingerprint density at radius 2 is 1.17 bits per heavy atom. The van der Waals surface area contributed by atoms with Crippen LogP contribution >= 0.6 is 47.6 Å². The number of anilines is 5. The summed E-state index contributed by atoms with van der Waals surface area (Å²) in [5.41, 5.74) is 1.24. The highest BCUT2D eigenvalue weighted by atomic mass is 35.5. The number of fused-ring (bicyclic) bond motifs is 1. The number of rotatable bonds is 18. The molecule has 4 aromatic carbocycles. The Morgan fingerprint density at radius 3 is 1.66 bits per heavy atom. The maximum atomic E-state index is 12.7. The highest BCUT2D eigenvalue weighted by Crippen LogP contribution is 2.49. The van der Waals surface area contributed by atoms with Gasteiger partial charge in [-0.05, 0) is 77.1 Å². The molecule has 0 saturated carbocycles. The second kappa shape index (κ2) is 20.6. The monoisotopic (exact) mass is 1120 g/mol. The second-order valence-electron chi connectivity index (χ2n) is 13.1. The first-order valence-corrected chi connectivity index (χ1v) is 26.0. The smallest absolute Gasteiger partial charge is 0.324 e. The third kappa shape index (κ3) is 12.9. The van der Waals surface area contributed by atoms with Gasteiger partial charge in [-0.2, -0.15) is 76.2 Å². The number of hydrogen-bond acceptors (Lipinski definition) is 27. The summed E-state index contributed by atoms with van der Waals surface area (Å²) in [6, 6.07) is 6.06. The fourth-order valence-corrected chi connectivity index (χ4v) is 9.13. The minimum atomic E-state index is -5.49. The molecule has 1 atom stereocenters. The number of halogens is 2. The third-order valence-electron chi connectivity index (χ3n) is 8.27. The Labute approximate surface area is 411 Å². The first kappa shape index (κ1) is 53.1. The van der Waals surface area contributed by atoms with Gasteiger partial charge in [0.05, 0.1) is 22.6 Å². The normalized spacial score (nSPS) is 13.0. The number of nitrogens with two attached hydrogens (primary N) is 1. The first-order chi connectivity index (χ1) is 32.5. The SMILES string of the molecule is Nc1c(N=Nc2ccc(Nc3nc(Cl)nc(SCC(=O)O)n3)cc2S(=O)(=O)O)c(S(=O)(=O)O)cc2cc(S(=O)(=O)O)c(N=Nc3ccc(Nc4nc(Cl)nc(OC(O)CS)n4)cc3S(=O)(=O)O)c(O)c12. The molecule has 2 aromatic heterocycles. The lowest BCUT2D eigenvalue weighted by atomic mass is 10.1. The van der Waals surface area contributed by atoms with Crippen LogP contribution in [0.2, 0.25) is 10.6 Å². The van der Waals surface area contributed by atoms with Crippen LogP contribution in [0.5, 0.6) is 11.8 Å². The molecule has 370 valence electrons. The van der Waals surface area contributed by atoms with Crippen LogP contribution in [-0.4, -0.2) is 121 Å². The summed E-state index contributed by atoms with van der Waals surface area (Å²) in [7, 11) is -21.4. The van der Waals surface area contributed by atoms with Crippen LogP contribution in [0, 0.1) is 0 Å². The van der Waals surface area contributed by atoms with E-state index in [1.54, 1.807) is 0 Å². The van der Waals surface area contributed by atoms with Crippen molar-refractivity contribution in [1.29, 1.82) is 0 Å². The first-order valence-electron chi connectivity index (χ1n) is 17.8. The zero-order valence-corrected chi connectivity index (χ0v) is 40.1. The van der Waals surface area contributed by atoms with Crippen LogP contribution in [-0.2, 0) is 45.3 Å². The van der Waals surface area contributed by atoms with E-state index in [1.807, 2.05) is 0 Å². The summed E-state index contributed by atoms with van der Waals surface area (Å²) in [6.45, 7) is 0. The number of carbonyl (C=O) groups is 1. The number of thiol groups is 1.